The number of nitrogens with one attached hydrogen (secondary N) is 2. The number of anilines is 1. The van der Waals surface area contributed by atoms with Crippen LogP contribution in [-0.4, -0.2) is 50.4 Å². The molecule has 2 saturated heterocycles. The molecule has 0 spiro atoms. The monoisotopic (exact) mass is 498 g/mol. The lowest BCUT2D eigenvalue weighted by Crippen LogP contribution is -2.68. The number of guanidine groups is 1. The van der Waals surface area contributed by atoms with E-state index in [0.717, 1.165) is 45.0 Å². The zero-order chi connectivity index (χ0) is 18.9. The first kappa shape index (κ1) is 21.7. The van der Waals surface area contributed by atoms with Crippen molar-refractivity contribution in [1.29, 1.82) is 0 Å². The number of ether oxygens (including phenoxy) is 1. The predicted molar refractivity (Wildman–Crippen MR) is 127 cm³/mol. The summed E-state index contributed by atoms with van der Waals surface area (Å²) in [5.74, 6) is 1.61. The third-order valence-electron chi connectivity index (χ3n) is 6.67. The Labute approximate surface area is 186 Å². The molecule has 2 heterocycles. The molecule has 28 heavy (non-hydrogen) atoms. The first-order chi connectivity index (χ1) is 13.1. The van der Waals surface area contributed by atoms with Crippen molar-refractivity contribution in [2.24, 2.45) is 16.3 Å². The van der Waals surface area contributed by atoms with Crippen LogP contribution in [-0.2, 0) is 4.74 Å². The molecule has 3 unspecified atom stereocenters. The van der Waals surface area contributed by atoms with Crippen LogP contribution >= 0.6 is 24.0 Å². The molecule has 0 radical (unpaired) electrons. The number of aliphatic imine (C=N–C) groups is 1. The summed E-state index contributed by atoms with van der Waals surface area (Å²) in [6.07, 6.45) is 3.86. The fourth-order valence-electron chi connectivity index (χ4n) is 5.17. The average molecular weight is 498 g/mol. The van der Waals surface area contributed by atoms with Gasteiger partial charge in [-0.15, -0.1) is 24.0 Å². The summed E-state index contributed by atoms with van der Waals surface area (Å²) in [7, 11) is 0. The van der Waals surface area contributed by atoms with E-state index in [0.29, 0.717) is 24.1 Å². The van der Waals surface area contributed by atoms with Gasteiger partial charge in [0.05, 0.1) is 6.10 Å². The fourth-order valence-corrected chi connectivity index (χ4v) is 5.17. The molecule has 0 amide bonds. The number of para-hydroxylation sites is 1. The van der Waals surface area contributed by atoms with Crippen LogP contribution < -0.4 is 15.5 Å². The van der Waals surface area contributed by atoms with Gasteiger partial charge in [-0.2, -0.15) is 0 Å². The highest BCUT2D eigenvalue weighted by Gasteiger charge is 2.59. The van der Waals surface area contributed by atoms with Crippen molar-refractivity contribution in [3.05, 3.63) is 30.3 Å². The molecule has 3 fully saturated rings. The molecule has 0 aromatic heterocycles. The summed E-state index contributed by atoms with van der Waals surface area (Å²) >= 11 is 0. The normalized spacial score (nSPS) is 29.5. The molecule has 5 nitrogen and oxygen atoms in total. The molecule has 0 bridgehead atoms. The Kier molecular flexibility index (Phi) is 7.12. The van der Waals surface area contributed by atoms with E-state index < -0.39 is 0 Å². The maximum atomic E-state index is 5.94. The summed E-state index contributed by atoms with van der Waals surface area (Å²) in [5.41, 5.74) is 1.51. The van der Waals surface area contributed by atoms with Gasteiger partial charge in [0.25, 0.3) is 0 Å². The molecule has 6 heteroatoms. The number of benzene rings is 1. The summed E-state index contributed by atoms with van der Waals surface area (Å²) in [5, 5.41) is 7.47. The Morgan fingerprint density at radius 3 is 2.54 bits per heavy atom. The van der Waals surface area contributed by atoms with E-state index in [1.165, 1.54) is 12.1 Å². The van der Waals surface area contributed by atoms with Crippen LogP contribution in [0.4, 0.5) is 5.69 Å². The molecular weight excluding hydrogens is 463 g/mol. The highest BCUT2D eigenvalue weighted by molar-refractivity contribution is 14.0. The maximum Gasteiger partial charge on any atom is 0.191 e. The van der Waals surface area contributed by atoms with Crippen LogP contribution in [0.5, 0.6) is 0 Å². The molecule has 4 rings (SSSR count). The van der Waals surface area contributed by atoms with E-state index in [4.69, 9.17) is 9.73 Å². The number of hydrogen-bond acceptors (Lipinski definition) is 3. The molecule has 2 aliphatic heterocycles. The Hall–Kier alpha value is -1.02. The minimum Gasteiger partial charge on any atom is -0.377 e. The molecule has 1 aromatic rings. The Bertz CT molecular complexity index is 658. The average Bonchev–Trinajstić information content (AvgIpc) is 3.15. The highest BCUT2D eigenvalue weighted by Crippen LogP contribution is 2.52. The van der Waals surface area contributed by atoms with E-state index in [2.05, 4.69) is 66.6 Å². The molecule has 2 N–H and O–H groups in total. The van der Waals surface area contributed by atoms with Gasteiger partial charge in [0.15, 0.2) is 5.96 Å². The van der Waals surface area contributed by atoms with Crippen LogP contribution in [0.25, 0.3) is 0 Å². The Morgan fingerprint density at radius 2 is 1.86 bits per heavy atom. The lowest BCUT2D eigenvalue weighted by atomic mass is 9.57. The van der Waals surface area contributed by atoms with Crippen molar-refractivity contribution in [2.75, 3.05) is 31.1 Å². The molecule has 1 aromatic carbocycles. The van der Waals surface area contributed by atoms with Crippen molar-refractivity contribution in [3.63, 3.8) is 0 Å². The van der Waals surface area contributed by atoms with Gasteiger partial charge in [-0.25, -0.2) is 0 Å². The second kappa shape index (κ2) is 9.20. The van der Waals surface area contributed by atoms with Crippen LogP contribution in [0.1, 0.15) is 40.0 Å². The van der Waals surface area contributed by atoms with Gasteiger partial charge >= 0.3 is 0 Å². The standard InChI is InChI=1S/C22H34N4O.HI/c1-4-23-21(25-19-18-12-15-27-20(18)22(19,2)3)24-16-10-13-26(14-11-16)17-8-6-5-7-9-17;/h5-9,16,18-20H,4,10-15H2,1-3H3,(H2,23,24,25);1H. The van der Waals surface area contributed by atoms with Crippen molar-refractivity contribution in [3.8, 4) is 0 Å². The van der Waals surface area contributed by atoms with E-state index in [-0.39, 0.29) is 29.4 Å². The first-order valence-electron chi connectivity index (χ1n) is 10.6. The van der Waals surface area contributed by atoms with Gasteiger partial charge < -0.3 is 20.3 Å². The lowest BCUT2D eigenvalue weighted by molar-refractivity contribution is -0.106. The van der Waals surface area contributed by atoms with Gasteiger partial charge in [0, 0.05) is 55.3 Å². The largest absolute Gasteiger partial charge is 0.377 e. The number of piperidine rings is 1. The van der Waals surface area contributed by atoms with Gasteiger partial charge in [-0.05, 0) is 38.3 Å². The quantitative estimate of drug-likeness (QED) is 0.378. The molecule has 3 atom stereocenters. The third-order valence-corrected chi connectivity index (χ3v) is 6.67. The molecule has 1 aliphatic carbocycles. The van der Waals surface area contributed by atoms with Crippen LogP contribution in [0.3, 0.4) is 0 Å². The van der Waals surface area contributed by atoms with Gasteiger partial charge in [0.1, 0.15) is 0 Å². The van der Waals surface area contributed by atoms with Crippen molar-refractivity contribution in [2.45, 2.75) is 58.2 Å². The van der Waals surface area contributed by atoms with Crippen molar-refractivity contribution < 1.29 is 4.74 Å². The second-order valence-corrected chi connectivity index (χ2v) is 8.75. The number of halogens is 1. The molecule has 1 saturated carbocycles. The topological polar surface area (TPSA) is 48.9 Å². The van der Waals surface area contributed by atoms with Crippen molar-refractivity contribution >= 4 is 35.6 Å². The van der Waals surface area contributed by atoms with E-state index in [1.54, 1.807) is 0 Å². The number of rotatable bonds is 4. The summed E-state index contributed by atoms with van der Waals surface area (Å²) in [4.78, 5) is 7.22. The third kappa shape index (κ3) is 4.27. The van der Waals surface area contributed by atoms with Crippen molar-refractivity contribution in [1.82, 2.24) is 10.6 Å². The number of nitrogens with zero attached hydrogens (tertiary/aromatic N) is 2. The summed E-state index contributed by atoms with van der Waals surface area (Å²) in [6.45, 7) is 10.6. The van der Waals surface area contributed by atoms with E-state index in [9.17, 15) is 0 Å². The molecule has 156 valence electrons. The highest BCUT2D eigenvalue weighted by atomic mass is 127. The summed E-state index contributed by atoms with van der Waals surface area (Å²) < 4.78 is 5.94. The summed E-state index contributed by atoms with van der Waals surface area (Å²) in [6, 6.07) is 11.7. The second-order valence-electron chi connectivity index (χ2n) is 8.75. The molecule has 3 aliphatic rings. The van der Waals surface area contributed by atoms with Gasteiger partial charge in [-0.1, -0.05) is 32.0 Å². The molecular formula is C22H35IN4O. The fraction of sp³-hybridized carbons (Fsp3) is 0.682. The SMILES string of the molecule is CCN=C(NC1CCN(c2ccccc2)CC1)NC1C2CCOC2C1(C)C.I. The zero-order valence-electron chi connectivity index (χ0n) is 17.4. The van der Waals surface area contributed by atoms with Gasteiger partial charge in [0.2, 0.25) is 0 Å². The predicted octanol–water partition coefficient (Wildman–Crippen LogP) is 3.64. The Balaban J connectivity index is 0.00000225. The van der Waals surface area contributed by atoms with Crippen LogP contribution in [0.15, 0.2) is 35.3 Å². The number of hydrogen-bond donors (Lipinski definition) is 2. The van der Waals surface area contributed by atoms with Crippen LogP contribution in [0.2, 0.25) is 0 Å². The first-order valence-corrected chi connectivity index (χ1v) is 10.6. The lowest BCUT2D eigenvalue weighted by Gasteiger charge is -2.55. The zero-order valence-corrected chi connectivity index (χ0v) is 19.7. The maximum absolute atomic E-state index is 5.94. The van der Waals surface area contributed by atoms with E-state index in [1.807, 2.05) is 0 Å². The van der Waals surface area contributed by atoms with Crippen LogP contribution in [0, 0.1) is 11.3 Å². The van der Waals surface area contributed by atoms with E-state index >= 15 is 0 Å². The Morgan fingerprint density at radius 1 is 1.14 bits per heavy atom. The smallest absolute Gasteiger partial charge is 0.191 e. The minimum absolute atomic E-state index is 0. The number of fused-ring (bicyclic) bond motifs is 1. The minimum atomic E-state index is 0. The van der Waals surface area contributed by atoms with Gasteiger partial charge in [-0.3, -0.25) is 4.99 Å².